The van der Waals surface area contributed by atoms with E-state index in [9.17, 15) is 26.4 Å². The Balaban J connectivity index is 1.15. The fourth-order valence-electron chi connectivity index (χ4n) is 4.21. The maximum Gasteiger partial charge on any atom is 0.416 e. The first-order valence-electron chi connectivity index (χ1n) is 11.8. The number of anilines is 1. The molecule has 0 radical (unpaired) electrons. The average Bonchev–Trinajstić information content (AvgIpc) is 3.31. The van der Waals surface area contributed by atoms with Crippen LogP contribution in [0, 0.1) is 0 Å². The predicted octanol–water partition coefficient (Wildman–Crippen LogP) is 5.07. The van der Waals surface area contributed by atoms with E-state index >= 15 is 0 Å². The van der Waals surface area contributed by atoms with E-state index in [2.05, 4.69) is 15.2 Å². The fraction of sp³-hybridized carbons (Fsp3) is 0.231. The highest BCUT2D eigenvalue weighted by molar-refractivity contribution is 7.89. The molecule has 7 nitrogen and oxygen atoms in total. The van der Waals surface area contributed by atoms with Crippen molar-refractivity contribution in [3.05, 3.63) is 89.5 Å². The molecule has 38 heavy (non-hydrogen) atoms. The Kier molecular flexibility index (Phi) is 7.23. The number of sulfonamides is 1. The highest BCUT2D eigenvalue weighted by Gasteiger charge is 2.32. The second-order valence-electron chi connectivity index (χ2n) is 8.84. The van der Waals surface area contributed by atoms with Gasteiger partial charge in [0, 0.05) is 38.3 Å². The molecular weight excluding hydrogens is 537 g/mol. The van der Waals surface area contributed by atoms with Gasteiger partial charge in [0.1, 0.15) is 0 Å². The van der Waals surface area contributed by atoms with Crippen molar-refractivity contribution in [3.8, 4) is 0 Å². The summed E-state index contributed by atoms with van der Waals surface area (Å²) in [5.74, 6) is -0.252. The number of alkyl halides is 3. The number of hydrogen-bond acceptors (Lipinski definition) is 6. The molecule has 1 aliphatic heterocycles. The summed E-state index contributed by atoms with van der Waals surface area (Å²) in [6.45, 7) is 1.98. The van der Waals surface area contributed by atoms with Crippen molar-refractivity contribution >= 4 is 42.6 Å². The normalized spacial score (nSPS) is 15.6. The van der Waals surface area contributed by atoms with E-state index in [-0.39, 0.29) is 23.9 Å². The predicted molar refractivity (Wildman–Crippen MR) is 139 cm³/mol. The van der Waals surface area contributed by atoms with Crippen LogP contribution in [0.2, 0.25) is 0 Å². The molecule has 3 aromatic carbocycles. The van der Waals surface area contributed by atoms with Gasteiger partial charge in [0.15, 0.2) is 5.13 Å². The van der Waals surface area contributed by atoms with Crippen LogP contribution < -0.4 is 5.32 Å². The zero-order valence-electron chi connectivity index (χ0n) is 20.0. The molecule has 198 valence electrons. The summed E-state index contributed by atoms with van der Waals surface area (Å²) in [5, 5.41) is 3.36. The van der Waals surface area contributed by atoms with Gasteiger partial charge in [-0.15, -0.1) is 0 Å². The Hall–Kier alpha value is -3.32. The molecule has 1 aliphatic rings. The van der Waals surface area contributed by atoms with E-state index in [4.69, 9.17) is 0 Å². The van der Waals surface area contributed by atoms with Crippen LogP contribution in [-0.4, -0.2) is 54.7 Å². The van der Waals surface area contributed by atoms with Crippen molar-refractivity contribution in [1.82, 2.24) is 14.2 Å². The number of aromatic nitrogens is 1. The molecule has 0 spiro atoms. The van der Waals surface area contributed by atoms with Crippen LogP contribution in [-0.2, 0) is 22.7 Å². The van der Waals surface area contributed by atoms with Gasteiger partial charge in [-0.3, -0.25) is 15.0 Å². The first kappa shape index (κ1) is 26.3. The number of thiazole rings is 1. The Morgan fingerprint density at radius 3 is 2.21 bits per heavy atom. The maximum atomic E-state index is 12.9. The molecule has 0 bridgehead atoms. The Labute approximate surface area is 221 Å². The number of halogens is 3. The number of nitrogens with one attached hydrogen (secondary N) is 1. The summed E-state index contributed by atoms with van der Waals surface area (Å²) in [5.41, 5.74) is 1.41. The van der Waals surface area contributed by atoms with Gasteiger partial charge in [0.2, 0.25) is 10.0 Å². The number of fused-ring (bicyclic) bond motifs is 1. The highest BCUT2D eigenvalue weighted by atomic mass is 32.2. The van der Waals surface area contributed by atoms with Crippen molar-refractivity contribution in [2.24, 2.45) is 0 Å². The van der Waals surface area contributed by atoms with Crippen molar-refractivity contribution < 1.29 is 26.4 Å². The SMILES string of the molecule is O=C(Nc1nc2ccccc2s1)c1ccc(CN2CCN(S(=O)(=O)c3ccc(C(F)(F)F)cc3)CC2)cc1. The number of hydrogen-bond donors (Lipinski definition) is 1. The fourth-order valence-corrected chi connectivity index (χ4v) is 6.49. The third-order valence-corrected chi connectivity index (χ3v) is 9.15. The molecule has 0 aliphatic carbocycles. The molecule has 1 amide bonds. The van der Waals surface area contributed by atoms with Gasteiger partial charge >= 0.3 is 6.18 Å². The van der Waals surface area contributed by atoms with Crippen molar-refractivity contribution in [2.75, 3.05) is 31.5 Å². The summed E-state index contributed by atoms with van der Waals surface area (Å²) in [6, 6.07) is 18.4. The lowest BCUT2D eigenvalue weighted by Crippen LogP contribution is -2.48. The zero-order valence-corrected chi connectivity index (χ0v) is 21.6. The minimum absolute atomic E-state index is 0.154. The van der Waals surface area contributed by atoms with Crippen LogP contribution in [0.5, 0.6) is 0 Å². The second-order valence-corrected chi connectivity index (χ2v) is 11.8. The van der Waals surface area contributed by atoms with Gasteiger partial charge in [-0.1, -0.05) is 35.6 Å². The Morgan fingerprint density at radius 2 is 1.58 bits per heavy atom. The molecule has 2 heterocycles. The topological polar surface area (TPSA) is 82.6 Å². The van der Waals surface area contributed by atoms with Gasteiger partial charge in [-0.25, -0.2) is 13.4 Å². The second kappa shape index (κ2) is 10.4. The lowest BCUT2D eigenvalue weighted by molar-refractivity contribution is -0.137. The summed E-state index contributed by atoms with van der Waals surface area (Å²) in [6.07, 6.45) is -4.52. The van der Waals surface area contributed by atoms with E-state index in [0.29, 0.717) is 30.3 Å². The third-order valence-electron chi connectivity index (χ3n) is 6.29. The van der Waals surface area contributed by atoms with Gasteiger partial charge in [0.25, 0.3) is 5.91 Å². The number of carbonyl (C=O) groups excluding carboxylic acids is 1. The number of carbonyl (C=O) groups is 1. The van der Waals surface area contributed by atoms with Crippen molar-refractivity contribution in [1.29, 1.82) is 0 Å². The number of rotatable bonds is 6. The lowest BCUT2D eigenvalue weighted by Gasteiger charge is -2.34. The first-order chi connectivity index (χ1) is 18.1. The van der Waals surface area contributed by atoms with Crippen molar-refractivity contribution in [3.63, 3.8) is 0 Å². The van der Waals surface area contributed by atoms with Crippen LogP contribution in [0.15, 0.2) is 77.7 Å². The number of nitrogens with zero attached hydrogens (tertiary/aromatic N) is 3. The van der Waals surface area contributed by atoms with Gasteiger partial charge in [0.05, 0.1) is 20.7 Å². The van der Waals surface area contributed by atoms with E-state index in [1.54, 1.807) is 12.1 Å². The standard InChI is InChI=1S/C26H23F3N4O3S2/c27-26(28,29)20-9-11-21(12-10-20)38(35,36)33-15-13-32(14-16-33)17-18-5-7-19(8-6-18)24(34)31-25-30-22-3-1-2-4-23(22)37-25/h1-12H,13-17H2,(H,30,31,34). The third kappa shape index (κ3) is 5.73. The molecule has 1 fully saturated rings. The quantitative estimate of drug-likeness (QED) is 0.356. The zero-order chi connectivity index (χ0) is 26.9. The molecule has 0 atom stereocenters. The average molecular weight is 561 g/mol. The van der Waals surface area contributed by atoms with E-state index < -0.39 is 21.8 Å². The van der Waals surface area contributed by atoms with Crippen LogP contribution >= 0.6 is 11.3 Å². The van der Waals surface area contributed by atoms with Gasteiger partial charge in [-0.2, -0.15) is 17.5 Å². The highest BCUT2D eigenvalue weighted by Crippen LogP contribution is 2.30. The Morgan fingerprint density at radius 1 is 0.921 bits per heavy atom. The molecule has 0 saturated carbocycles. The van der Waals surface area contributed by atoms with Crippen LogP contribution in [0.25, 0.3) is 10.2 Å². The minimum atomic E-state index is -4.52. The van der Waals surface area contributed by atoms with Crippen LogP contribution in [0.1, 0.15) is 21.5 Å². The number of benzene rings is 3. The summed E-state index contributed by atoms with van der Waals surface area (Å²) in [7, 11) is -3.88. The molecule has 1 aromatic heterocycles. The molecule has 1 N–H and O–H groups in total. The molecule has 12 heteroatoms. The van der Waals surface area contributed by atoms with Crippen LogP contribution in [0.4, 0.5) is 18.3 Å². The van der Waals surface area contributed by atoms with Crippen LogP contribution in [0.3, 0.4) is 0 Å². The molecule has 1 saturated heterocycles. The maximum absolute atomic E-state index is 12.9. The first-order valence-corrected chi connectivity index (χ1v) is 14.0. The van der Waals surface area contributed by atoms with E-state index in [1.807, 2.05) is 36.4 Å². The number of para-hydroxylation sites is 1. The number of amides is 1. The van der Waals surface area contributed by atoms with Crippen molar-refractivity contribution in [2.45, 2.75) is 17.6 Å². The summed E-state index contributed by atoms with van der Waals surface area (Å²) < 4.78 is 66.4. The molecule has 4 aromatic rings. The van der Waals surface area contributed by atoms with E-state index in [0.717, 1.165) is 40.0 Å². The Bertz CT molecular complexity index is 1510. The van der Waals surface area contributed by atoms with Gasteiger partial charge in [-0.05, 0) is 54.1 Å². The largest absolute Gasteiger partial charge is 0.416 e. The minimum Gasteiger partial charge on any atom is -0.298 e. The summed E-state index contributed by atoms with van der Waals surface area (Å²) in [4.78, 5) is 19.0. The van der Waals surface area contributed by atoms with Gasteiger partial charge < -0.3 is 0 Å². The monoisotopic (exact) mass is 560 g/mol. The molecule has 0 unspecified atom stereocenters. The molecule has 5 rings (SSSR count). The number of piperazine rings is 1. The van der Waals surface area contributed by atoms with E-state index in [1.165, 1.54) is 15.6 Å². The summed E-state index contributed by atoms with van der Waals surface area (Å²) >= 11 is 1.41. The molecular formula is C26H23F3N4O3S2. The smallest absolute Gasteiger partial charge is 0.298 e. The lowest BCUT2D eigenvalue weighted by atomic mass is 10.1.